The fraction of sp³-hybridized carbons (Fsp3) is 0.381. The molecular formula is C21H25N3O. The largest absolute Gasteiger partial charge is 0.372 e. The molecule has 2 fully saturated rings. The zero-order chi connectivity index (χ0) is 17.1. The summed E-state index contributed by atoms with van der Waals surface area (Å²) in [5.74, 6) is 0.153. The van der Waals surface area contributed by atoms with Gasteiger partial charge in [0.1, 0.15) is 0 Å². The number of anilines is 2. The molecule has 0 N–H and O–H groups in total. The van der Waals surface area contributed by atoms with Crippen LogP contribution in [0.15, 0.2) is 54.6 Å². The van der Waals surface area contributed by atoms with Gasteiger partial charge in [-0.25, -0.2) is 0 Å². The molecule has 0 aliphatic carbocycles. The van der Waals surface area contributed by atoms with Crippen molar-refractivity contribution in [3.8, 4) is 0 Å². The van der Waals surface area contributed by atoms with Crippen molar-refractivity contribution in [3.63, 3.8) is 0 Å². The summed E-state index contributed by atoms with van der Waals surface area (Å²) in [6.45, 7) is 5.61. The minimum Gasteiger partial charge on any atom is -0.372 e. The van der Waals surface area contributed by atoms with E-state index in [1.165, 1.54) is 24.2 Å². The third-order valence-corrected chi connectivity index (χ3v) is 5.27. The maximum Gasteiger partial charge on any atom is 0.253 e. The molecule has 4 nitrogen and oxygen atoms in total. The average Bonchev–Trinajstić information content (AvgIpc) is 3.23. The van der Waals surface area contributed by atoms with Gasteiger partial charge in [-0.15, -0.1) is 0 Å². The number of para-hydroxylation sites is 1. The van der Waals surface area contributed by atoms with Crippen molar-refractivity contribution in [2.75, 3.05) is 49.1 Å². The lowest BCUT2D eigenvalue weighted by Gasteiger charge is -2.36. The zero-order valence-corrected chi connectivity index (χ0v) is 14.6. The van der Waals surface area contributed by atoms with Gasteiger partial charge in [-0.05, 0) is 49.2 Å². The Hall–Kier alpha value is -2.49. The Morgan fingerprint density at radius 2 is 1.20 bits per heavy atom. The summed E-state index contributed by atoms with van der Waals surface area (Å²) in [5, 5.41) is 0. The summed E-state index contributed by atoms with van der Waals surface area (Å²) >= 11 is 0. The first-order valence-electron chi connectivity index (χ1n) is 9.25. The summed E-state index contributed by atoms with van der Waals surface area (Å²) in [6, 6.07) is 18.6. The predicted molar refractivity (Wildman–Crippen MR) is 102 cm³/mol. The highest BCUT2D eigenvalue weighted by atomic mass is 16.2. The normalized spacial score (nSPS) is 17.8. The SMILES string of the molecule is O=C(c1ccc(N2CCCC2)cc1)N1CCN(c2ccccc2)CC1. The highest BCUT2D eigenvalue weighted by Crippen LogP contribution is 2.22. The first kappa shape index (κ1) is 16.0. The molecule has 0 unspecified atom stereocenters. The second-order valence-corrected chi connectivity index (χ2v) is 6.86. The molecule has 0 spiro atoms. The van der Waals surface area contributed by atoms with Crippen molar-refractivity contribution in [1.82, 2.24) is 4.90 Å². The Kier molecular flexibility index (Phi) is 4.59. The van der Waals surface area contributed by atoms with Crippen molar-refractivity contribution in [2.45, 2.75) is 12.8 Å². The molecule has 0 saturated carbocycles. The van der Waals surface area contributed by atoms with Crippen LogP contribution in [0.1, 0.15) is 23.2 Å². The van der Waals surface area contributed by atoms with E-state index in [2.05, 4.69) is 46.2 Å². The van der Waals surface area contributed by atoms with Gasteiger partial charge in [0.15, 0.2) is 0 Å². The van der Waals surface area contributed by atoms with Gasteiger partial charge in [-0.2, -0.15) is 0 Å². The lowest BCUT2D eigenvalue weighted by molar-refractivity contribution is 0.0747. The summed E-state index contributed by atoms with van der Waals surface area (Å²) in [6.07, 6.45) is 2.54. The molecule has 2 heterocycles. The van der Waals surface area contributed by atoms with E-state index in [1.807, 2.05) is 23.1 Å². The van der Waals surface area contributed by atoms with Crippen molar-refractivity contribution < 1.29 is 4.79 Å². The predicted octanol–water partition coefficient (Wildman–Crippen LogP) is 3.25. The van der Waals surface area contributed by atoms with Crippen LogP contribution < -0.4 is 9.80 Å². The smallest absolute Gasteiger partial charge is 0.253 e. The number of hydrogen-bond donors (Lipinski definition) is 0. The van der Waals surface area contributed by atoms with Crippen molar-refractivity contribution >= 4 is 17.3 Å². The molecule has 1 amide bonds. The van der Waals surface area contributed by atoms with Crippen LogP contribution in [0.4, 0.5) is 11.4 Å². The van der Waals surface area contributed by atoms with Crippen LogP contribution in [0.5, 0.6) is 0 Å². The fourth-order valence-electron chi connectivity index (χ4n) is 3.78. The summed E-state index contributed by atoms with van der Waals surface area (Å²) in [4.78, 5) is 19.5. The number of carbonyl (C=O) groups excluding carboxylic acids is 1. The second kappa shape index (κ2) is 7.18. The maximum absolute atomic E-state index is 12.8. The monoisotopic (exact) mass is 335 g/mol. The lowest BCUT2D eigenvalue weighted by atomic mass is 10.1. The van der Waals surface area contributed by atoms with E-state index in [0.29, 0.717) is 0 Å². The minimum absolute atomic E-state index is 0.153. The molecular weight excluding hydrogens is 310 g/mol. The van der Waals surface area contributed by atoms with Crippen molar-refractivity contribution in [3.05, 3.63) is 60.2 Å². The Morgan fingerprint density at radius 1 is 0.640 bits per heavy atom. The molecule has 0 aromatic heterocycles. The number of nitrogens with zero attached hydrogens (tertiary/aromatic N) is 3. The average molecular weight is 335 g/mol. The van der Waals surface area contributed by atoms with Crippen LogP contribution in [0, 0.1) is 0 Å². The zero-order valence-electron chi connectivity index (χ0n) is 14.6. The molecule has 0 bridgehead atoms. The van der Waals surface area contributed by atoms with Crippen molar-refractivity contribution in [2.24, 2.45) is 0 Å². The topological polar surface area (TPSA) is 26.8 Å². The molecule has 2 aromatic rings. The number of carbonyl (C=O) groups is 1. The van der Waals surface area contributed by atoms with Gasteiger partial charge in [0, 0.05) is 56.2 Å². The van der Waals surface area contributed by atoms with Gasteiger partial charge in [-0.3, -0.25) is 4.79 Å². The van der Waals surface area contributed by atoms with Crippen LogP contribution in [0.2, 0.25) is 0 Å². The second-order valence-electron chi connectivity index (χ2n) is 6.86. The first-order chi connectivity index (χ1) is 12.3. The summed E-state index contributed by atoms with van der Waals surface area (Å²) in [7, 11) is 0. The van der Waals surface area contributed by atoms with Gasteiger partial charge >= 0.3 is 0 Å². The molecule has 4 heteroatoms. The van der Waals surface area contributed by atoms with E-state index in [9.17, 15) is 4.79 Å². The van der Waals surface area contributed by atoms with Gasteiger partial charge in [-0.1, -0.05) is 18.2 Å². The molecule has 25 heavy (non-hydrogen) atoms. The van der Waals surface area contributed by atoms with Crippen LogP contribution in [-0.2, 0) is 0 Å². The highest BCUT2D eigenvalue weighted by Gasteiger charge is 2.22. The number of hydrogen-bond acceptors (Lipinski definition) is 3. The Bertz CT molecular complexity index is 700. The molecule has 2 saturated heterocycles. The van der Waals surface area contributed by atoms with E-state index < -0.39 is 0 Å². The van der Waals surface area contributed by atoms with Gasteiger partial charge in [0.2, 0.25) is 0 Å². The Morgan fingerprint density at radius 3 is 1.84 bits per heavy atom. The number of piperazine rings is 1. The van der Waals surface area contributed by atoms with Crippen LogP contribution >= 0.6 is 0 Å². The van der Waals surface area contributed by atoms with E-state index in [1.54, 1.807) is 0 Å². The van der Waals surface area contributed by atoms with Crippen LogP contribution in [0.25, 0.3) is 0 Å². The van der Waals surface area contributed by atoms with Gasteiger partial charge in [0.05, 0.1) is 0 Å². The quantitative estimate of drug-likeness (QED) is 0.861. The molecule has 4 rings (SSSR count). The van der Waals surface area contributed by atoms with Gasteiger partial charge < -0.3 is 14.7 Å². The standard InChI is InChI=1S/C21H25N3O/c25-21(18-8-10-20(11-9-18)22-12-4-5-13-22)24-16-14-23(15-17-24)19-6-2-1-3-7-19/h1-3,6-11H,4-5,12-17H2. The third-order valence-electron chi connectivity index (χ3n) is 5.27. The number of rotatable bonds is 3. The van der Waals surface area contributed by atoms with Crippen LogP contribution in [0.3, 0.4) is 0 Å². The minimum atomic E-state index is 0.153. The van der Waals surface area contributed by atoms with Gasteiger partial charge in [0.25, 0.3) is 5.91 Å². The molecule has 0 atom stereocenters. The molecule has 2 aromatic carbocycles. The van der Waals surface area contributed by atoms with E-state index in [0.717, 1.165) is 44.8 Å². The third kappa shape index (κ3) is 3.48. The van der Waals surface area contributed by atoms with E-state index in [-0.39, 0.29) is 5.91 Å². The first-order valence-corrected chi connectivity index (χ1v) is 9.25. The summed E-state index contributed by atoms with van der Waals surface area (Å²) in [5.41, 5.74) is 3.28. The molecule has 130 valence electrons. The molecule has 2 aliphatic rings. The summed E-state index contributed by atoms with van der Waals surface area (Å²) < 4.78 is 0. The van der Waals surface area contributed by atoms with Crippen LogP contribution in [-0.4, -0.2) is 50.1 Å². The Balaban J connectivity index is 1.37. The number of benzene rings is 2. The van der Waals surface area contributed by atoms with Crippen molar-refractivity contribution in [1.29, 1.82) is 0 Å². The maximum atomic E-state index is 12.8. The van der Waals surface area contributed by atoms with E-state index in [4.69, 9.17) is 0 Å². The highest BCUT2D eigenvalue weighted by molar-refractivity contribution is 5.94. The number of amides is 1. The van der Waals surface area contributed by atoms with E-state index >= 15 is 0 Å². The molecule has 2 aliphatic heterocycles. The Labute approximate surface area is 149 Å². The molecule has 0 radical (unpaired) electrons. The lowest BCUT2D eigenvalue weighted by Crippen LogP contribution is -2.48. The fourth-order valence-corrected chi connectivity index (χ4v) is 3.78.